The lowest BCUT2D eigenvalue weighted by atomic mass is 10.0. The van der Waals surface area contributed by atoms with Gasteiger partial charge in [-0.2, -0.15) is 0 Å². The Balaban J connectivity index is 1.49. The van der Waals surface area contributed by atoms with E-state index < -0.39 is 12.1 Å². The fourth-order valence-corrected chi connectivity index (χ4v) is 4.63. The molecule has 1 aliphatic rings. The summed E-state index contributed by atoms with van der Waals surface area (Å²) in [6, 6.07) is 11.8. The van der Waals surface area contributed by atoms with Crippen molar-refractivity contribution in [1.82, 2.24) is 0 Å². The van der Waals surface area contributed by atoms with Gasteiger partial charge in [-0.05, 0) is 47.6 Å². The van der Waals surface area contributed by atoms with Crippen LogP contribution in [0.4, 0.5) is 0 Å². The average Bonchev–Trinajstić information content (AvgIpc) is 3.15. The van der Waals surface area contributed by atoms with E-state index in [0.29, 0.717) is 28.3 Å². The van der Waals surface area contributed by atoms with Crippen molar-refractivity contribution in [2.45, 2.75) is 25.4 Å². The molecule has 2 aromatic carbocycles. The van der Waals surface area contributed by atoms with Gasteiger partial charge in [-0.15, -0.1) is 0 Å². The minimum Gasteiger partial charge on any atom is -0.491 e. The third-order valence-corrected chi connectivity index (χ3v) is 6.68. The zero-order chi connectivity index (χ0) is 23.3. The van der Waals surface area contributed by atoms with Crippen LogP contribution in [0.25, 0.3) is 6.08 Å². The van der Waals surface area contributed by atoms with Gasteiger partial charge in [-0.25, -0.2) is 4.79 Å². The normalized spacial score (nSPS) is 15.2. The van der Waals surface area contributed by atoms with Crippen LogP contribution in [0.1, 0.15) is 23.1 Å². The van der Waals surface area contributed by atoms with Crippen molar-refractivity contribution in [2.75, 3.05) is 33.8 Å². The molecule has 7 heteroatoms. The summed E-state index contributed by atoms with van der Waals surface area (Å²) in [5.74, 6) is 0.00427. The largest absolute Gasteiger partial charge is 0.491 e. The number of rotatable bonds is 10. The van der Waals surface area contributed by atoms with Crippen LogP contribution in [-0.4, -0.2) is 60.6 Å². The summed E-state index contributed by atoms with van der Waals surface area (Å²) in [6.45, 7) is 1.65. The van der Waals surface area contributed by atoms with Gasteiger partial charge in [0.25, 0.3) is 0 Å². The first-order valence-electron chi connectivity index (χ1n) is 10.7. The number of hydrogen-bond acceptors (Lipinski definition) is 3. The van der Waals surface area contributed by atoms with E-state index in [-0.39, 0.29) is 16.7 Å². The lowest BCUT2D eigenvalue weighted by Crippen LogP contribution is -2.48. The highest BCUT2D eigenvalue weighted by molar-refractivity contribution is 6.43. The third-order valence-electron chi connectivity index (χ3n) is 5.86. The molecule has 1 atom stereocenters. The predicted octanol–water partition coefficient (Wildman–Crippen LogP) is 4.71. The number of aliphatic hydroxyl groups is 1. The lowest BCUT2D eigenvalue weighted by molar-refractivity contribution is -0.894. The van der Waals surface area contributed by atoms with Crippen molar-refractivity contribution in [3.8, 4) is 5.75 Å². The number of carboxylic acid groups (broad SMARTS) is 1. The van der Waals surface area contributed by atoms with E-state index in [1.54, 1.807) is 12.1 Å². The van der Waals surface area contributed by atoms with Crippen molar-refractivity contribution in [2.24, 2.45) is 5.92 Å². The van der Waals surface area contributed by atoms with Gasteiger partial charge in [-0.3, -0.25) is 0 Å². The van der Waals surface area contributed by atoms with Crippen LogP contribution in [0.3, 0.4) is 0 Å². The predicted molar refractivity (Wildman–Crippen MR) is 128 cm³/mol. The smallest absolute Gasteiger partial charge is 0.328 e. The maximum atomic E-state index is 10.8. The molecule has 0 heterocycles. The molecule has 0 spiro atoms. The van der Waals surface area contributed by atoms with E-state index >= 15 is 0 Å². The summed E-state index contributed by atoms with van der Waals surface area (Å²) in [6.07, 6.45) is 5.08. The van der Waals surface area contributed by atoms with Gasteiger partial charge < -0.3 is 19.4 Å². The number of hydrogen-bond donors (Lipinski definition) is 2. The van der Waals surface area contributed by atoms with Gasteiger partial charge in [0, 0.05) is 18.6 Å². The summed E-state index contributed by atoms with van der Waals surface area (Å²) in [5, 5.41) is 19.9. The number of carbonyl (C=O) groups is 1. The Kier molecular flexibility index (Phi) is 8.23. The zero-order valence-corrected chi connectivity index (χ0v) is 19.9. The van der Waals surface area contributed by atoms with E-state index in [4.69, 9.17) is 33.0 Å². The molecule has 0 amide bonds. The van der Waals surface area contributed by atoms with Gasteiger partial charge in [0.15, 0.2) is 0 Å². The standard InChI is InChI=1S/C25H29Cl2NO4/c1-28(2,10-9-17-11-18-5-3-4-6-19(18)12-17)15-21(29)16-32-22-13-20(7-8-24(30)31)25(27)23(26)14-22/h3-8,13-14,17,21,29H,9-12,15-16H2,1-2H3/p+1/b8-7+/t21-/m1/s1. The molecule has 2 aromatic rings. The van der Waals surface area contributed by atoms with Gasteiger partial charge in [-0.1, -0.05) is 47.5 Å². The fourth-order valence-electron chi connectivity index (χ4n) is 4.24. The molecule has 0 bridgehead atoms. The summed E-state index contributed by atoms with van der Waals surface area (Å²) in [5.41, 5.74) is 3.38. The monoisotopic (exact) mass is 478 g/mol. The molecular weight excluding hydrogens is 449 g/mol. The SMILES string of the molecule is C[N+](C)(CCC1Cc2ccccc2C1)C[C@@H](O)COc1cc(Cl)c(Cl)c(/C=C/C(=O)O)c1. The Hall–Kier alpha value is -2.05. The van der Waals surface area contributed by atoms with Gasteiger partial charge in [0.1, 0.15) is 25.0 Å². The van der Waals surface area contributed by atoms with Crippen LogP contribution in [0.15, 0.2) is 42.5 Å². The summed E-state index contributed by atoms with van der Waals surface area (Å²) < 4.78 is 6.43. The highest BCUT2D eigenvalue weighted by atomic mass is 35.5. The number of carboxylic acids is 1. The molecular formula is C25H30Cl2NO4+. The second-order valence-electron chi connectivity index (χ2n) is 9.12. The molecule has 0 aliphatic heterocycles. The molecule has 3 rings (SSSR count). The number of nitrogens with zero attached hydrogens (tertiary/aromatic N) is 1. The number of benzene rings is 2. The van der Waals surface area contributed by atoms with E-state index in [9.17, 15) is 9.90 Å². The molecule has 0 radical (unpaired) electrons. The topological polar surface area (TPSA) is 66.8 Å². The van der Waals surface area contributed by atoms with Crippen molar-refractivity contribution in [3.05, 3.63) is 69.2 Å². The Morgan fingerprint density at radius 3 is 2.50 bits per heavy atom. The highest BCUT2D eigenvalue weighted by Crippen LogP contribution is 2.32. The fraction of sp³-hybridized carbons (Fsp3) is 0.400. The molecule has 5 nitrogen and oxygen atoms in total. The van der Waals surface area contributed by atoms with Gasteiger partial charge >= 0.3 is 5.97 Å². The number of quaternary nitrogens is 1. The molecule has 0 saturated carbocycles. The quantitative estimate of drug-likeness (QED) is 0.383. The first-order valence-corrected chi connectivity index (χ1v) is 11.5. The van der Waals surface area contributed by atoms with E-state index in [1.807, 2.05) is 0 Å². The second kappa shape index (κ2) is 10.7. The van der Waals surface area contributed by atoms with Crippen molar-refractivity contribution >= 4 is 35.2 Å². The number of aliphatic hydroxyl groups excluding tert-OH is 1. The van der Waals surface area contributed by atoms with Crippen LogP contribution in [0, 0.1) is 5.92 Å². The summed E-state index contributed by atoms with van der Waals surface area (Å²) in [4.78, 5) is 10.8. The Morgan fingerprint density at radius 1 is 1.22 bits per heavy atom. The van der Waals surface area contributed by atoms with Crippen LogP contribution >= 0.6 is 23.2 Å². The number of ether oxygens (including phenoxy) is 1. The zero-order valence-electron chi connectivity index (χ0n) is 18.4. The number of likely N-dealkylation sites (N-methyl/N-ethyl adjacent to an activating group) is 1. The van der Waals surface area contributed by atoms with Crippen LogP contribution in [0.5, 0.6) is 5.75 Å². The maximum absolute atomic E-state index is 10.8. The van der Waals surface area contributed by atoms with E-state index in [2.05, 4.69) is 38.4 Å². The molecule has 0 unspecified atom stereocenters. The molecule has 32 heavy (non-hydrogen) atoms. The summed E-state index contributed by atoms with van der Waals surface area (Å²) in [7, 11) is 4.25. The van der Waals surface area contributed by atoms with Crippen molar-refractivity contribution in [3.63, 3.8) is 0 Å². The Morgan fingerprint density at radius 2 is 1.88 bits per heavy atom. The lowest BCUT2D eigenvalue weighted by Gasteiger charge is -2.32. The molecule has 1 aliphatic carbocycles. The Bertz CT molecular complexity index is 965. The second-order valence-corrected chi connectivity index (χ2v) is 9.90. The minimum atomic E-state index is -1.08. The van der Waals surface area contributed by atoms with Crippen molar-refractivity contribution in [1.29, 1.82) is 0 Å². The summed E-state index contributed by atoms with van der Waals surface area (Å²) >= 11 is 12.3. The minimum absolute atomic E-state index is 0.108. The number of fused-ring (bicyclic) bond motifs is 1. The van der Waals surface area contributed by atoms with Gasteiger partial charge in [0.05, 0.1) is 30.7 Å². The highest BCUT2D eigenvalue weighted by Gasteiger charge is 2.26. The van der Waals surface area contributed by atoms with Crippen LogP contribution in [-0.2, 0) is 17.6 Å². The van der Waals surface area contributed by atoms with Gasteiger partial charge in [0.2, 0.25) is 0 Å². The number of halogens is 2. The van der Waals surface area contributed by atoms with Crippen molar-refractivity contribution < 1.29 is 24.2 Å². The number of aliphatic carboxylic acids is 1. The van der Waals surface area contributed by atoms with Crippen LogP contribution in [0.2, 0.25) is 10.0 Å². The first-order chi connectivity index (χ1) is 15.1. The molecule has 172 valence electrons. The third kappa shape index (κ3) is 6.97. The Labute approximate surface area is 199 Å². The molecule has 2 N–H and O–H groups in total. The van der Waals surface area contributed by atoms with E-state index in [1.165, 1.54) is 17.2 Å². The maximum Gasteiger partial charge on any atom is 0.328 e. The molecule has 0 saturated heterocycles. The van der Waals surface area contributed by atoms with E-state index in [0.717, 1.165) is 31.9 Å². The van der Waals surface area contributed by atoms with Crippen LogP contribution < -0.4 is 4.74 Å². The average molecular weight is 479 g/mol. The first kappa shape index (κ1) is 24.6. The molecule has 0 aromatic heterocycles. The molecule has 0 fully saturated rings.